The Kier molecular flexibility index (Phi) is 6.20. The molecule has 3 aromatic rings. The Bertz CT molecular complexity index is 1240. The minimum Gasteiger partial charge on any atom is -0.493 e. The predicted molar refractivity (Wildman–Crippen MR) is 132 cm³/mol. The number of fused-ring (bicyclic) bond motifs is 2. The van der Waals surface area contributed by atoms with Gasteiger partial charge < -0.3 is 19.7 Å². The molecular weight excluding hydrogens is 448 g/mol. The van der Waals surface area contributed by atoms with Gasteiger partial charge in [0.2, 0.25) is 5.91 Å². The molecule has 1 N–H and O–H groups in total. The highest BCUT2D eigenvalue weighted by Crippen LogP contribution is 2.39. The fourth-order valence-corrected chi connectivity index (χ4v) is 4.99. The Labute approximate surface area is 203 Å². The molecule has 0 saturated carbocycles. The van der Waals surface area contributed by atoms with Gasteiger partial charge in [-0.3, -0.25) is 9.59 Å². The molecule has 0 spiro atoms. The number of thioether (sulfide) groups is 1. The third-order valence-corrected chi connectivity index (χ3v) is 7.11. The summed E-state index contributed by atoms with van der Waals surface area (Å²) in [4.78, 5) is 28.6. The molecule has 1 unspecified atom stereocenters. The van der Waals surface area contributed by atoms with Crippen LogP contribution < -0.4 is 14.8 Å². The molecule has 3 aromatic carbocycles. The van der Waals surface area contributed by atoms with Gasteiger partial charge in [-0.15, -0.1) is 11.8 Å². The summed E-state index contributed by atoms with van der Waals surface area (Å²) in [6.07, 6.45) is 2.27. The topological polar surface area (TPSA) is 67.9 Å². The molecule has 174 valence electrons. The van der Waals surface area contributed by atoms with Crippen LogP contribution >= 0.6 is 11.8 Å². The molecule has 6 nitrogen and oxygen atoms in total. The second kappa shape index (κ2) is 9.43. The van der Waals surface area contributed by atoms with Gasteiger partial charge in [0.25, 0.3) is 5.91 Å². The lowest BCUT2D eigenvalue weighted by atomic mass is 10.0. The van der Waals surface area contributed by atoms with Crippen molar-refractivity contribution in [1.82, 2.24) is 10.2 Å². The number of hydrogen-bond donors (Lipinski definition) is 1. The maximum absolute atomic E-state index is 13.3. The first-order chi connectivity index (χ1) is 16.6. The van der Waals surface area contributed by atoms with E-state index in [1.54, 1.807) is 29.8 Å². The zero-order valence-electron chi connectivity index (χ0n) is 19.2. The highest BCUT2D eigenvalue weighted by molar-refractivity contribution is 7.98. The minimum absolute atomic E-state index is 0.0212. The van der Waals surface area contributed by atoms with Gasteiger partial charge in [-0.05, 0) is 53.3 Å². The number of hydrogen-bond acceptors (Lipinski definition) is 5. The van der Waals surface area contributed by atoms with Crippen LogP contribution in [0.3, 0.4) is 0 Å². The van der Waals surface area contributed by atoms with Crippen molar-refractivity contribution in [2.45, 2.75) is 23.9 Å². The van der Waals surface area contributed by atoms with Gasteiger partial charge in [-0.25, -0.2) is 0 Å². The van der Waals surface area contributed by atoms with Crippen LogP contribution in [0.4, 0.5) is 0 Å². The monoisotopic (exact) mass is 474 g/mol. The Morgan fingerprint density at radius 2 is 1.94 bits per heavy atom. The van der Waals surface area contributed by atoms with Crippen molar-refractivity contribution in [3.05, 3.63) is 77.4 Å². The lowest BCUT2D eigenvalue weighted by Gasteiger charge is -2.22. The van der Waals surface area contributed by atoms with Gasteiger partial charge in [-0.2, -0.15) is 0 Å². The van der Waals surface area contributed by atoms with E-state index >= 15 is 0 Å². The number of carbonyl (C=O) groups excluding carboxylic acids is 2. The van der Waals surface area contributed by atoms with E-state index in [-0.39, 0.29) is 24.3 Å². The summed E-state index contributed by atoms with van der Waals surface area (Å²) in [5.41, 5.74) is 4.52. The fraction of sp³-hybridized carbons (Fsp3) is 0.259. The number of ether oxygens (including phenoxy) is 2. The van der Waals surface area contributed by atoms with Crippen molar-refractivity contribution in [2.75, 3.05) is 26.5 Å². The van der Waals surface area contributed by atoms with Crippen molar-refractivity contribution in [3.63, 3.8) is 0 Å². The average Bonchev–Trinajstić information content (AvgIpc) is 3.04. The van der Waals surface area contributed by atoms with E-state index in [0.717, 1.165) is 22.3 Å². The second-order valence-electron chi connectivity index (χ2n) is 8.38. The molecule has 2 amide bonds. The molecule has 2 heterocycles. The van der Waals surface area contributed by atoms with E-state index in [0.29, 0.717) is 36.8 Å². The lowest BCUT2D eigenvalue weighted by molar-refractivity contribution is -0.132. The van der Waals surface area contributed by atoms with Crippen LogP contribution in [0.25, 0.3) is 11.1 Å². The van der Waals surface area contributed by atoms with Crippen LogP contribution in [0.1, 0.15) is 33.9 Å². The Morgan fingerprint density at radius 1 is 1.15 bits per heavy atom. The zero-order valence-corrected chi connectivity index (χ0v) is 20.0. The summed E-state index contributed by atoms with van der Waals surface area (Å²) in [6, 6.07) is 19.6. The first-order valence-corrected chi connectivity index (χ1v) is 12.5. The van der Waals surface area contributed by atoms with E-state index < -0.39 is 0 Å². The first kappa shape index (κ1) is 22.3. The summed E-state index contributed by atoms with van der Waals surface area (Å²) >= 11 is 1.70. The number of methoxy groups -OCH3 is 1. The number of carbonyl (C=O) groups is 2. The molecule has 2 aliphatic heterocycles. The van der Waals surface area contributed by atoms with Gasteiger partial charge in [0.15, 0.2) is 11.5 Å². The summed E-state index contributed by atoms with van der Waals surface area (Å²) < 4.78 is 11.7. The van der Waals surface area contributed by atoms with Crippen LogP contribution in [-0.2, 0) is 11.3 Å². The third kappa shape index (κ3) is 4.23. The zero-order chi connectivity index (χ0) is 23.7. The summed E-state index contributed by atoms with van der Waals surface area (Å²) in [7, 11) is 1.63. The largest absolute Gasteiger partial charge is 0.493 e. The van der Waals surface area contributed by atoms with Crippen molar-refractivity contribution >= 4 is 23.6 Å². The smallest absolute Gasteiger partial charge is 0.252 e. The number of nitrogens with zero attached hydrogens (tertiary/aromatic N) is 1. The molecule has 0 radical (unpaired) electrons. The maximum atomic E-state index is 13.3. The SMILES string of the molecule is COc1cc(-c2ccc(SC)cc2)cc2c1OCCN(C(=O)CC1NC(=O)c3ccccc31)C2. The molecule has 0 saturated heterocycles. The summed E-state index contributed by atoms with van der Waals surface area (Å²) in [6.45, 7) is 1.27. The van der Waals surface area contributed by atoms with Gasteiger partial charge in [0, 0.05) is 22.6 Å². The van der Waals surface area contributed by atoms with Gasteiger partial charge >= 0.3 is 0 Å². The Hall–Kier alpha value is -3.45. The molecule has 5 rings (SSSR count). The van der Waals surface area contributed by atoms with Crippen molar-refractivity contribution in [2.24, 2.45) is 0 Å². The Balaban J connectivity index is 1.40. The normalized spacial score (nSPS) is 16.7. The second-order valence-corrected chi connectivity index (χ2v) is 9.26. The molecular formula is C27H26N2O4S. The fourth-order valence-electron chi connectivity index (χ4n) is 4.58. The molecule has 0 fully saturated rings. The van der Waals surface area contributed by atoms with E-state index in [2.05, 4.69) is 41.9 Å². The van der Waals surface area contributed by atoms with Gasteiger partial charge in [0.05, 0.1) is 26.1 Å². The van der Waals surface area contributed by atoms with Gasteiger partial charge in [0.1, 0.15) is 6.61 Å². The standard InChI is InChI=1S/C27H26N2O4S/c1-32-24-14-18(17-7-9-20(34-2)10-8-17)13-19-16-29(11-12-33-26(19)24)25(30)15-23-21-5-3-4-6-22(21)27(31)28-23/h3-10,13-14,23H,11-12,15-16H2,1-2H3,(H,28,31). The van der Waals surface area contributed by atoms with E-state index in [4.69, 9.17) is 9.47 Å². The number of amides is 2. The molecule has 34 heavy (non-hydrogen) atoms. The molecule has 0 bridgehead atoms. The number of benzene rings is 3. The predicted octanol–water partition coefficient (Wildman–Crippen LogP) is 4.68. The molecule has 1 atom stereocenters. The first-order valence-electron chi connectivity index (χ1n) is 11.2. The van der Waals surface area contributed by atoms with Crippen LogP contribution in [0.5, 0.6) is 11.5 Å². The highest BCUT2D eigenvalue weighted by atomic mass is 32.2. The van der Waals surface area contributed by atoms with E-state index in [9.17, 15) is 9.59 Å². The van der Waals surface area contributed by atoms with Crippen molar-refractivity contribution < 1.29 is 19.1 Å². The summed E-state index contributed by atoms with van der Waals surface area (Å²) in [5, 5.41) is 2.94. The van der Waals surface area contributed by atoms with Crippen molar-refractivity contribution in [1.29, 1.82) is 0 Å². The highest BCUT2D eigenvalue weighted by Gasteiger charge is 2.32. The number of nitrogens with one attached hydrogen (secondary N) is 1. The summed E-state index contributed by atoms with van der Waals surface area (Å²) in [5.74, 6) is 1.20. The lowest BCUT2D eigenvalue weighted by Crippen LogP contribution is -2.35. The number of rotatable bonds is 5. The third-order valence-electron chi connectivity index (χ3n) is 6.36. The molecule has 7 heteroatoms. The van der Waals surface area contributed by atoms with Crippen LogP contribution in [0, 0.1) is 0 Å². The van der Waals surface area contributed by atoms with Crippen molar-refractivity contribution in [3.8, 4) is 22.6 Å². The maximum Gasteiger partial charge on any atom is 0.252 e. The molecule has 0 aliphatic carbocycles. The molecule has 2 aliphatic rings. The van der Waals surface area contributed by atoms with Crippen LogP contribution in [0.2, 0.25) is 0 Å². The van der Waals surface area contributed by atoms with E-state index in [1.807, 2.05) is 24.3 Å². The quantitative estimate of drug-likeness (QED) is 0.544. The van der Waals surface area contributed by atoms with Crippen LogP contribution in [0.15, 0.2) is 65.6 Å². The Morgan fingerprint density at radius 3 is 2.71 bits per heavy atom. The molecule has 0 aromatic heterocycles. The minimum atomic E-state index is -0.310. The van der Waals surface area contributed by atoms with E-state index in [1.165, 1.54) is 4.90 Å². The average molecular weight is 475 g/mol. The van der Waals surface area contributed by atoms with Gasteiger partial charge in [-0.1, -0.05) is 30.3 Å². The van der Waals surface area contributed by atoms with Crippen LogP contribution in [-0.4, -0.2) is 43.2 Å².